The van der Waals surface area contributed by atoms with Crippen LogP contribution < -0.4 is 24.6 Å². The van der Waals surface area contributed by atoms with Crippen molar-refractivity contribution in [1.82, 2.24) is 0 Å². The van der Waals surface area contributed by atoms with E-state index in [1.54, 1.807) is 51.7 Å². The third kappa shape index (κ3) is 5.79. The Bertz CT molecular complexity index is 798. The van der Waals surface area contributed by atoms with Crippen LogP contribution in [0, 0.1) is 0 Å². The second-order valence-corrected chi connectivity index (χ2v) is 5.38. The van der Waals surface area contributed by atoms with Gasteiger partial charge in [-0.15, -0.1) is 0 Å². The van der Waals surface area contributed by atoms with Gasteiger partial charge in [-0.3, -0.25) is 0 Å². The highest BCUT2D eigenvalue weighted by atomic mass is 16.5. The van der Waals surface area contributed by atoms with Crippen LogP contribution in [0.4, 0.5) is 0 Å². The molecule has 0 spiro atoms. The van der Waals surface area contributed by atoms with E-state index in [4.69, 9.17) is 28.1 Å². The molecule has 0 radical (unpaired) electrons. The lowest BCUT2D eigenvalue weighted by Crippen LogP contribution is -2.07. The van der Waals surface area contributed by atoms with E-state index in [9.17, 15) is 4.79 Å². The average molecular weight is 376 g/mol. The molecule has 0 fully saturated rings. The Balaban J connectivity index is 2.28. The van der Waals surface area contributed by atoms with Gasteiger partial charge in [0.25, 0.3) is 0 Å². The molecule has 146 valence electrons. The molecule has 1 aromatic carbocycles. The van der Waals surface area contributed by atoms with Gasteiger partial charge in [-0.05, 0) is 30.7 Å². The van der Waals surface area contributed by atoms with Crippen molar-refractivity contribution in [2.24, 2.45) is 0 Å². The second-order valence-electron chi connectivity index (χ2n) is 5.38. The molecule has 0 saturated heterocycles. The minimum Gasteiger partial charge on any atom is -0.493 e. The first-order valence-corrected chi connectivity index (χ1v) is 8.45. The van der Waals surface area contributed by atoms with E-state index in [2.05, 4.69) is 0 Å². The average Bonchev–Trinajstić information content (AvgIpc) is 2.67. The van der Waals surface area contributed by atoms with Crippen LogP contribution in [0.2, 0.25) is 0 Å². The number of methoxy groups -OCH3 is 3. The second kappa shape index (κ2) is 10.3. The summed E-state index contributed by atoms with van der Waals surface area (Å²) in [6.45, 7) is 3.15. The molecule has 0 aliphatic carbocycles. The van der Waals surface area contributed by atoms with Crippen molar-refractivity contribution in [3.8, 4) is 23.0 Å². The number of rotatable bonds is 10. The maximum Gasteiger partial charge on any atom is 0.339 e. The van der Waals surface area contributed by atoms with Crippen molar-refractivity contribution < 1.29 is 28.1 Å². The van der Waals surface area contributed by atoms with Crippen LogP contribution in [0.25, 0.3) is 12.2 Å². The SMILES string of the molecule is CCOc1c(OC)cc(C=Cc2cc(OCCOC)cc(=O)o2)cc1OC. The summed E-state index contributed by atoms with van der Waals surface area (Å²) in [5.41, 5.74) is 0.298. The molecule has 0 unspecified atom stereocenters. The smallest absolute Gasteiger partial charge is 0.339 e. The van der Waals surface area contributed by atoms with E-state index >= 15 is 0 Å². The lowest BCUT2D eigenvalue weighted by atomic mass is 10.1. The van der Waals surface area contributed by atoms with Gasteiger partial charge in [0, 0.05) is 13.2 Å². The Hall–Kier alpha value is -2.93. The summed E-state index contributed by atoms with van der Waals surface area (Å²) in [5.74, 6) is 2.43. The summed E-state index contributed by atoms with van der Waals surface area (Å²) in [5, 5.41) is 0. The first-order chi connectivity index (χ1) is 13.1. The van der Waals surface area contributed by atoms with Crippen molar-refractivity contribution in [2.75, 3.05) is 41.2 Å². The van der Waals surface area contributed by atoms with Gasteiger partial charge in [-0.1, -0.05) is 6.08 Å². The van der Waals surface area contributed by atoms with Crippen molar-refractivity contribution in [3.05, 3.63) is 46.0 Å². The number of hydrogen-bond acceptors (Lipinski definition) is 7. The molecule has 1 heterocycles. The van der Waals surface area contributed by atoms with E-state index in [0.29, 0.717) is 48.6 Å². The van der Waals surface area contributed by atoms with Crippen LogP contribution in [0.5, 0.6) is 23.0 Å². The van der Waals surface area contributed by atoms with Crippen LogP contribution >= 0.6 is 0 Å². The predicted octanol–water partition coefficient (Wildman–Crippen LogP) is 3.25. The molecule has 27 heavy (non-hydrogen) atoms. The zero-order valence-corrected chi connectivity index (χ0v) is 15.9. The van der Waals surface area contributed by atoms with Crippen LogP contribution in [-0.4, -0.2) is 41.2 Å². The summed E-state index contributed by atoms with van der Waals surface area (Å²) < 4.78 is 31.9. The first kappa shape index (κ1) is 20.4. The monoisotopic (exact) mass is 376 g/mol. The maximum absolute atomic E-state index is 11.7. The van der Waals surface area contributed by atoms with Gasteiger partial charge < -0.3 is 28.1 Å². The van der Waals surface area contributed by atoms with Gasteiger partial charge in [0.05, 0.1) is 33.5 Å². The molecule has 0 N–H and O–H groups in total. The largest absolute Gasteiger partial charge is 0.493 e. The first-order valence-electron chi connectivity index (χ1n) is 8.45. The summed E-state index contributed by atoms with van der Waals surface area (Å²) in [7, 11) is 4.70. The minimum atomic E-state index is -0.494. The zero-order valence-electron chi connectivity index (χ0n) is 15.9. The van der Waals surface area contributed by atoms with Gasteiger partial charge in [0.1, 0.15) is 18.1 Å². The van der Waals surface area contributed by atoms with Gasteiger partial charge in [0.2, 0.25) is 5.75 Å². The number of benzene rings is 1. The fraction of sp³-hybridized carbons (Fsp3) is 0.350. The Morgan fingerprint density at radius 3 is 2.22 bits per heavy atom. The van der Waals surface area contributed by atoms with Gasteiger partial charge in [-0.2, -0.15) is 0 Å². The molecule has 1 aromatic heterocycles. The molecule has 0 aliphatic heterocycles. The van der Waals surface area contributed by atoms with Crippen LogP contribution in [0.3, 0.4) is 0 Å². The van der Waals surface area contributed by atoms with E-state index in [0.717, 1.165) is 5.56 Å². The van der Waals surface area contributed by atoms with Crippen molar-refractivity contribution in [1.29, 1.82) is 0 Å². The molecule has 0 bridgehead atoms. The molecule has 2 aromatic rings. The fourth-order valence-electron chi connectivity index (χ4n) is 2.34. The van der Waals surface area contributed by atoms with Gasteiger partial charge in [-0.25, -0.2) is 4.79 Å². The number of hydrogen-bond donors (Lipinski definition) is 0. The summed E-state index contributed by atoms with van der Waals surface area (Å²) in [6, 6.07) is 6.54. The molecule has 0 aliphatic rings. The molecule has 2 rings (SSSR count). The third-order valence-corrected chi connectivity index (χ3v) is 3.53. The van der Waals surface area contributed by atoms with Crippen LogP contribution in [0.1, 0.15) is 18.2 Å². The molecular weight excluding hydrogens is 352 g/mol. The van der Waals surface area contributed by atoms with Gasteiger partial charge >= 0.3 is 5.63 Å². The minimum absolute atomic E-state index is 0.344. The van der Waals surface area contributed by atoms with Crippen LogP contribution in [-0.2, 0) is 4.74 Å². The zero-order chi connectivity index (χ0) is 19.6. The van der Waals surface area contributed by atoms with Crippen molar-refractivity contribution in [3.63, 3.8) is 0 Å². The highest BCUT2D eigenvalue weighted by molar-refractivity contribution is 5.71. The third-order valence-electron chi connectivity index (χ3n) is 3.53. The molecule has 7 heteroatoms. The Morgan fingerprint density at radius 1 is 0.926 bits per heavy atom. The molecule has 0 saturated carbocycles. The Labute approximate surface area is 158 Å². The maximum atomic E-state index is 11.7. The fourth-order valence-corrected chi connectivity index (χ4v) is 2.34. The highest BCUT2D eigenvalue weighted by Crippen LogP contribution is 2.39. The lowest BCUT2D eigenvalue weighted by Gasteiger charge is -2.14. The van der Waals surface area contributed by atoms with Crippen molar-refractivity contribution in [2.45, 2.75) is 6.92 Å². The number of ether oxygens (including phenoxy) is 5. The summed E-state index contributed by atoms with van der Waals surface area (Å²) >= 11 is 0. The topological polar surface area (TPSA) is 76.4 Å². The lowest BCUT2D eigenvalue weighted by molar-refractivity contribution is 0.146. The van der Waals surface area contributed by atoms with E-state index in [1.165, 1.54) is 6.07 Å². The Kier molecular flexibility index (Phi) is 7.76. The molecule has 0 amide bonds. The summed E-state index contributed by atoms with van der Waals surface area (Å²) in [4.78, 5) is 11.7. The van der Waals surface area contributed by atoms with Crippen LogP contribution in [0.15, 0.2) is 33.5 Å². The van der Waals surface area contributed by atoms with E-state index < -0.39 is 5.63 Å². The predicted molar refractivity (Wildman–Crippen MR) is 102 cm³/mol. The van der Waals surface area contributed by atoms with Gasteiger partial charge in [0.15, 0.2) is 11.5 Å². The standard InChI is InChI=1S/C20H24O7/c1-5-25-20-17(23-3)10-14(11-18(20)24-4)6-7-15-12-16(13-19(21)27-15)26-9-8-22-2/h6-7,10-13H,5,8-9H2,1-4H3. The quantitative estimate of drug-likeness (QED) is 0.589. The Morgan fingerprint density at radius 2 is 1.63 bits per heavy atom. The summed E-state index contributed by atoms with van der Waals surface area (Å²) in [6.07, 6.45) is 3.44. The normalized spacial score (nSPS) is 10.8. The molecular formula is C20H24O7. The van der Waals surface area contributed by atoms with E-state index in [-0.39, 0.29) is 0 Å². The van der Waals surface area contributed by atoms with Crippen molar-refractivity contribution >= 4 is 12.2 Å². The highest BCUT2D eigenvalue weighted by Gasteiger charge is 2.13. The molecule has 0 atom stereocenters. The molecule has 7 nitrogen and oxygen atoms in total. The van der Waals surface area contributed by atoms with E-state index in [1.807, 2.05) is 6.92 Å².